The Morgan fingerprint density at radius 3 is 2.96 bits per heavy atom. The summed E-state index contributed by atoms with van der Waals surface area (Å²) >= 11 is 0. The zero-order valence-corrected chi connectivity index (χ0v) is 16.2. The standard InChI is InChI=1S/C19H30N6O/c1-5-20-19(21-12-17(23(2)3)18-7-6-10-26-18)25-9-8-15(14-25)16-11-22-24(4)13-16/h6-7,10-11,13,15,17H,5,8-9,12,14H2,1-4H3,(H,20,21). The predicted octanol–water partition coefficient (Wildman–Crippen LogP) is 2.07. The SMILES string of the molecule is CCNC(=NCC(c1ccco1)N(C)C)N1CCC(c2cnn(C)c2)C1. The van der Waals surface area contributed by atoms with Gasteiger partial charge >= 0.3 is 0 Å². The van der Waals surface area contributed by atoms with Crippen LogP contribution in [0.25, 0.3) is 0 Å². The van der Waals surface area contributed by atoms with Crippen LogP contribution in [-0.2, 0) is 7.05 Å². The average molecular weight is 358 g/mol. The van der Waals surface area contributed by atoms with E-state index in [0.717, 1.165) is 37.8 Å². The maximum atomic E-state index is 5.60. The van der Waals surface area contributed by atoms with Crippen LogP contribution in [0, 0.1) is 0 Å². The predicted molar refractivity (Wildman–Crippen MR) is 103 cm³/mol. The highest BCUT2D eigenvalue weighted by Crippen LogP contribution is 2.27. The molecule has 2 atom stereocenters. The molecule has 1 N–H and O–H groups in total. The molecule has 1 aliphatic heterocycles. The second kappa shape index (κ2) is 8.40. The van der Waals surface area contributed by atoms with E-state index in [9.17, 15) is 0 Å². The molecular weight excluding hydrogens is 328 g/mol. The van der Waals surface area contributed by atoms with Gasteiger partial charge in [0.2, 0.25) is 0 Å². The van der Waals surface area contributed by atoms with Crippen LogP contribution in [0.5, 0.6) is 0 Å². The van der Waals surface area contributed by atoms with Gasteiger partial charge in [-0.25, -0.2) is 0 Å². The first-order chi connectivity index (χ1) is 12.6. The summed E-state index contributed by atoms with van der Waals surface area (Å²) in [6.45, 7) is 5.63. The molecule has 26 heavy (non-hydrogen) atoms. The van der Waals surface area contributed by atoms with Gasteiger partial charge in [0.05, 0.1) is 25.0 Å². The molecule has 7 nitrogen and oxygen atoms in total. The summed E-state index contributed by atoms with van der Waals surface area (Å²) in [7, 11) is 6.09. The van der Waals surface area contributed by atoms with Gasteiger partial charge in [-0.15, -0.1) is 0 Å². The number of aromatic nitrogens is 2. The maximum absolute atomic E-state index is 5.60. The molecule has 2 unspecified atom stereocenters. The van der Waals surface area contributed by atoms with Gasteiger partial charge in [0.15, 0.2) is 5.96 Å². The van der Waals surface area contributed by atoms with Gasteiger partial charge in [-0.2, -0.15) is 5.10 Å². The molecule has 0 amide bonds. The lowest BCUT2D eigenvalue weighted by Gasteiger charge is -2.24. The smallest absolute Gasteiger partial charge is 0.194 e. The Labute approximate surface area is 155 Å². The van der Waals surface area contributed by atoms with Crippen molar-refractivity contribution in [1.29, 1.82) is 0 Å². The summed E-state index contributed by atoms with van der Waals surface area (Å²) in [6, 6.07) is 4.08. The summed E-state index contributed by atoms with van der Waals surface area (Å²) in [5.74, 6) is 2.45. The molecule has 0 bridgehead atoms. The fraction of sp³-hybridized carbons (Fsp3) is 0.579. The third kappa shape index (κ3) is 4.27. The molecule has 0 radical (unpaired) electrons. The van der Waals surface area contributed by atoms with Crippen molar-refractivity contribution in [2.24, 2.45) is 12.0 Å². The number of aryl methyl sites for hydroxylation is 1. The van der Waals surface area contributed by atoms with E-state index in [2.05, 4.69) is 47.4 Å². The summed E-state index contributed by atoms with van der Waals surface area (Å²) in [5.41, 5.74) is 1.31. The molecule has 2 aromatic heterocycles. The Bertz CT molecular complexity index is 705. The van der Waals surface area contributed by atoms with Gasteiger partial charge in [-0.1, -0.05) is 0 Å². The molecule has 1 aliphatic rings. The molecule has 142 valence electrons. The molecule has 0 aromatic carbocycles. The zero-order chi connectivity index (χ0) is 18.5. The number of furan rings is 1. The zero-order valence-electron chi connectivity index (χ0n) is 16.2. The molecule has 2 aromatic rings. The first kappa shape index (κ1) is 18.5. The summed E-state index contributed by atoms with van der Waals surface area (Å²) in [5, 5.41) is 7.76. The van der Waals surface area contributed by atoms with Crippen molar-refractivity contribution in [3.05, 3.63) is 42.1 Å². The van der Waals surface area contributed by atoms with Crippen LogP contribution in [0.4, 0.5) is 0 Å². The molecule has 0 aliphatic carbocycles. The minimum Gasteiger partial charge on any atom is -0.468 e. The Balaban J connectivity index is 1.69. The topological polar surface area (TPSA) is 61.8 Å². The number of rotatable bonds is 6. The Hall–Kier alpha value is -2.28. The molecule has 0 spiro atoms. The van der Waals surface area contributed by atoms with Gasteiger partial charge < -0.3 is 14.6 Å². The van der Waals surface area contributed by atoms with Crippen molar-refractivity contribution in [2.45, 2.75) is 25.3 Å². The number of hydrogen-bond donors (Lipinski definition) is 1. The minimum absolute atomic E-state index is 0.135. The van der Waals surface area contributed by atoms with Crippen molar-refractivity contribution >= 4 is 5.96 Å². The molecule has 1 fully saturated rings. The van der Waals surface area contributed by atoms with E-state index in [1.807, 2.05) is 30.1 Å². The highest BCUT2D eigenvalue weighted by Gasteiger charge is 2.27. The summed E-state index contributed by atoms with van der Waals surface area (Å²) in [6.07, 6.45) is 6.96. The lowest BCUT2D eigenvalue weighted by Crippen LogP contribution is -2.40. The fourth-order valence-corrected chi connectivity index (χ4v) is 3.46. The molecular formula is C19H30N6O. The van der Waals surface area contributed by atoms with E-state index in [4.69, 9.17) is 9.41 Å². The Morgan fingerprint density at radius 2 is 2.35 bits per heavy atom. The van der Waals surface area contributed by atoms with Crippen molar-refractivity contribution in [3.8, 4) is 0 Å². The Kier molecular flexibility index (Phi) is 5.98. The van der Waals surface area contributed by atoms with Crippen LogP contribution >= 0.6 is 0 Å². The van der Waals surface area contributed by atoms with Crippen molar-refractivity contribution in [1.82, 2.24) is 24.9 Å². The average Bonchev–Trinajstić information content (AvgIpc) is 3.35. The van der Waals surface area contributed by atoms with Crippen LogP contribution in [0.2, 0.25) is 0 Å². The summed E-state index contributed by atoms with van der Waals surface area (Å²) < 4.78 is 7.48. The van der Waals surface area contributed by atoms with Crippen molar-refractivity contribution < 1.29 is 4.42 Å². The minimum atomic E-state index is 0.135. The first-order valence-electron chi connectivity index (χ1n) is 9.30. The number of guanidine groups is 1. The quantitative estimate of drug-likeness (QED) is 0.633. The largest absolute Gasteiger partial charge is 0.468 e. The van der Waals surface area contributed by atoms with Gasteiger partial charge in [0.25, 0.3) is 0 Å². The van der Waals surface area contributed by atoms with E-state index < -0.39 is 0 Å². The first-order valence-corrected chi connectivity index (χ1v) is 9.30. The monoisotopic (exact) mass is 358 g/mol. The molecule has 3 heterocycles. The fourth-order valence-electron chi connectivity index (χ4n) is 3.46. The lowest BCUT2D eigenvalue weighted by molar-refractivity contribution is 0.264. The van der Waals surface area contributed by atoms with E-state index in [1.165, 1.54) is 5.56 Å². The van der Waals surface area contributed by atoms with E-state index in [-0.39, 0.29) is 6.04 Å². The van der Waals surface area contributed by atoms with Gasteiger partial charge in [0.1, 0.15) is 5.76 Å². The van der Waals surface area contributed by atoms with Crippen LogP contribution in [-0.4, -0.2) is 65.8 Å². The maximum Gasteiger partial charge on any atom is 0.194 e. The highest BCUT2D eigenvalue weighted by atomic mass is 16.3. The second-order valence-corrected chi connectivity index (χ2v) is 7.07. The lowest BCUT2D eigenvalue weighted by atomic mass is 10.0. The van der Waals surface area contributed by atoms with Crippen LogP contribution in [0.1, 0.15) is 36.6 Å². The van der Waals surface area contributed by atoms with E-state index in [0.29, 0.717) is 12.5 Å². The third-order valence-corrected chi connectivity index (χ3v) is 4.93. The number of nitrogens with zero attached hydrogens (tertiary/aromatic N) is 5. The van der Waals surface area contributed by atoms with E-state index in [1.54, 1.807) is 6.26 Å². The Morgan fingerprint density at radius 1 is 1.50 bits per heavy atom. The number of nitrogens with one attached hydrogen (secondary N) is 1. The number of likely N-dealkylation sites (N-methyl/N-ethyl adjacent to an activating group) is 1. The molecule has 0 saturated carbocycles. The van der Waals surface area contributed by atoms with Gasteiger partial charge in [0, 0.05) is 38.8 Å². The molecule has 7 heteroatoms. The van der Waals surface area contributed by atoms with Crippen LogP contribution in [0.3, 0.4) is 0 Å². The summed E-state index contributed by atoms with van der Waals surface area (Å²) in [4.78, 5) is 9.42. The van der Waals surface area contributed by atoms with Crippen LogP contribution < -0.4 is 5.32 Å². The van der Waals surface area contributed by atoms with Crippen molar-refractivity contribution in [2.75, 3.05) is 40.3 Å². The van der Waals surface area contributed by atoms with Gasteiger partial charge in [-0.05, 0) is 45.1 Å². The normalized spacial score (nSPS) is 19.3. The molecule has 1 saturated heterocycles. The van der Waals surface area contributed by atoms with Crippen molar-refractivity contribution in [3.63, 3.8) is 0 Å². The van der Waals surface area contributed by atoms with Crippen LogP contribution in [0.15, 0.2) is 40.2 Å². The number of aliphatic imine (C=N–C) groups is 1. The second-order valence-electron chi connectivity index (χ2n) is 7.07. The number of likely N-dealkylation sites (tertiary alicyclic amines) is 1. The van der Waals surface area contributed by atoms with Gasteiger partial charge in [-0.3, -0.25) is 14.6 Å². The highest BCUT2D eigenvalue weighted by molar-refractivity contribution is 5.80. The third-order valence-electron chi connectivity index (χ3n) is 4.93. The van der Waals surface area contributed by atoms with E-state index >= 15 is 0 Å². The number of hydrogen-bond acceptors (Lipinski definition) is 4. The molecule has 3 rings (SSSR count).